The van der Waals surface area contributed by atoms with Crippen molar-refractivity contribution in [3.8, 4) is 0 Å². The number of aliphatic hydroxyl groups excluding tert-OH is 1. The second-order valence-corrected chi connectivity index (χ2v) is 6.39. The van der Waals surface area contributed by atoms with Gasteiger partial charge in [-0.05, 0) is 43.0 Å². The predicted octanol–water partition coefficient (Wildman–Crippen LogP) is 4.40. The molecular formula is C15H24OS. The van der Waals surface area contributed by atoms with E-state index >= 15 is 0 Å². The van der Waals surface area contributed by atoms with E-state index in [1.54, 1.807) is 11.3 Å². The minimum absolute atomic E-state index is 0.0842. The van der Waals surface area contributed by atoms with Crippen molar-refractivity contribution >= 4 is 11.3 Å². The van der Waals surface area contributed by atoms with Crippen LogP contribution in [0.15, 0.2) is 17.5 Å². The van der Waals surface area contributed by atoms with Crippen LogP contribution in [-0.2, 0) is 6.42 Å². The molecule has 1 heterocycles. The zero-order valence-electron chi connectivity index (χ0n) is 10.6. The number of aryl methyl sites for hydroxylation is 1. The average Bonchev–Trinajstić information content (AvgIpc) is 2.88. The summed E-state index contributed by atoms with van der Waals surface area (Å²) in [6, 6.07) is 4.26. The monoisotopic (exact) mass is 252 g/mol. The van der Waals surface area contributed by atoms with E-state index in [0.29, 0.717) is 0 Å². The summed E-state index contributed by atoms with van der Waals surface area (Å²) in [5, 5.41) is 12.1. The molecule has 2 rings (SSSR count). The van der Waals surface area contributed by atoms with Gasteiger partial charge in [0.2, 0.25) is 0 Å². The highest BCUT2D eigenvalue weighted by Crippen LogP contribution is 2.28. The molecule has 96 valence electrons. The Morgan fingerprint density at radius 2 is 2.06 bits per heavy atom. The maximum absolute atomic E-state index is 9.98. The molecule has 1 aromatic rings. The van der Waals surface area contributed by atoms with Gasteiger partial charge in [-0.2, -0.15) is 0 Å². The van der Waals surface area contributed by atoms with E-state index in [1.165, 1.54) is 43.4 Å². The Balaban J connectivity index is 1.58. The Morgan fingerprint density at radius 1 is 1.24 bits per heavy atom. The quantitative estimate of drug-likeness (QED) is 0.795. The first-order chi connectivity index (χ1) is 8.34. The third-order valence-electron chi connectivity index (χ3n) is 3.94. The second-order valence-electron chi connectivity index (χ2n) is 5.35. The predicted molar refractivity (Wildman–Crippen MR) is 74.5 cm³/mol. The second kappa shape index (κ2) is 7.17. The van der Waals surface area contributed by atoms with Crippen molar-refractivity contribution in [3.05, 3.63) is 22.4 Å². The number of aliphatic hydroxyl groups is 1. The number of hydrogen-bond acceptors (Lipinski definition) is 2. The van der Waals surface area contributed by atoms with E-state index in [9.17, 15) is 5.11 Å². The largest absolute Gasteiger partial charge is 0.393 e. The molecule has 1 fully saturated rings. The van der Waals surface area contributed by atoms with Crippen LogP contribution in [0.5, 0.6) is 0 Å². The molecule has 1 atom stereocenters. The maximum atomic E-state index is 9.98. The normalized spacial score (nSPS) is 19.4. The Labute approximate surface area is 109 Å². The summed E-state index contributed by atoms with van der Waals surface area (Å²) in [7, 11) is 0. The number of hydrogen-bond donors (Lipinski definition) is 1. The summed E-state index contributed by atoms with van der Waals surface area (Å²) in [5.74, 6) is 0.903. The molecule has 1 saturated carbocycles. The Kier molecular flexibility index (Phi) is 5.53. The van der Waals surface area contributed by atoms with Gasteiger partial charge >= 0.3 is 0 Å². The van der Waals surface area contributed by atoms with Crippen LogP contribution in [0.2, 0.25) is 0 Å². The fourth-order valence-electron chi connectivity index (χ4n) is 2.81. The van der Waals surface area contributed by atoms with E-state index < -0.39 is 0 Å². The molecule has 0 spiro atoms. The van der Waals surface area contributed by atoms with Gasteiger partial charge in [-0.15, -0.1) is 11.3 Å². The summed E-state index contributed by atoms with van der Waals surface area (Å²) < 4.78 is 0. The van der Waals surface area contributed by atoms with Crippen molar-refractivity contribution < 1.29 is 5.11 Å². The summed E-state index contributed by atoms with van der Waals surface area (Å²) in [4.78, 5) is 1.40. The molecule has 17 heavy (non-hydrogen) atoms. The van der Waals surface area contributed by atoms with Crippen molar-refractivity contribution in [3.63, 3.8) is 0 Å². The van der Waals surface area contributed by atoms with Gasteiger partial charge in [0.15, 0.2) is 0 Å². The Morgan fingerprint density at radius 3 is 2.76 bits per heavy atom. The SMILES string of the molecule is OC(CCc1cccs1)CCC1CCCCC1. The molecule has 2 heteroatoms. The lowest BCUT2D eigenvalue weighted by Gasteiger charge is -2.22. The minimum atomic E-state index is -0.0842. The van der Waals surface area contributed by atoms with Crippen LogP contribution in [0.1, 0.15) is 56.2 Å². The molecule has 0 amide bonds. The summed E-state index contributed by atoms with van der Waals surface area (Å²) in [5.41, 5.74) is 0. The lowest BCUT2D eigenvalue weighted by Crippen LogP contribution is -2.12. The third-order valence-corrected chi connectivity index (χ3v) is 4.87. The molecule has 1 aliphatic carbocycles. The minimum Gasteiger partial charge on any atom is -0.393 e. The number of rotatable bonds is 6. The van der Waals surface area contributed by atoms with Gasteiger partial charge in [-0.25, -0.2) is 0 Å². The first-order valence-electron chi connectivity index (χ1n) is 7.05. The molecule has 1 aromatic heterocycles. The molecule has 1 nitrogen and oxygen atoms in total. The third kappa shape index (κ3) is 4.81. The van der Waals surface area contributed by atoms with E-state index in [0.717, 1.165) is 25.2 Å². The molecule has 1 aliphatic rings. The van der Waals surface area contributed by atoms with Crippen LogP contribution < -0.4 is 0 Å². The van der Waals surface area contributed by atoms with Crippen LogP contribution in [0.25, 0.3) is 0 Å². The summed E-state index contributed by atoms with van der Waals surface area (Å²) in [6.45, 7) is 0. The molecule has 0 aliphatic heterocycles. The van der Waals surface area contributed by atoms with Crippen LogP contribution in [0.3, 0.4) is 0 Å². The molecule has 0 radical (unpaired) electrons. The molecule has 1 N–H and O–H groups in total. The van der Waals surface area contributed by atoms with Gasteiger partial charge in [-0.3, -0.25) is 0 Å². The van der Waals surface area contributed by atoms with Crippen molar-refractivity contribution in [1.82, 2.24) is 0 Å². The van der Waals surface area contributed by atoms with Crippen LogP contribution >= 0.6 is 11.3 Å². The zero-order valence-corrected chi connectivity index (χ0v) is 11.4. The van der Waals surface area contributed by atoms with Crippen molar-refractivity contribution in [2.75, 3.05) is 0 Å². The van der Waals surface area contributed by atoms with E-state index in [-0.39, 0.29) is 6.10 Å². The van der Waals surface area contributed by atoms with Crippen molar-refractivity contribution in [2.45, 2.75) is 63.9 Å². The first-order valence-corrected chi connectivity index (χ1v) is 7.93. The van der Waals surface area contributed by atoms with Gasteiger partial charge in [0, 0.05) is 4.88 Å². The molecule has 1 unspecified atom stereocenters. The summed E-state index contributed by atoms with van der Waals surface area (Å²) in [6.07, 6.45) is 11.2. The fraction of sp³-hybridized carbons (Fsp3) is 0.733. The van der Waals surface area contributed by atoms with Crippen molar-refractivity contribution in [2.24, 2.45) is 5.92 Å². The smallest absolute Gasteiger partial charge is 0.0543 e. The van der Waals surface area contributed by atoms with E-state index in [1.807, 2.05) is 0 Å². The van der Waals surface area contributed by atoms with E-state index in [2.05, 4.69) is 17.5 Å². The van der Waals surface area contributed by atoms with Crippen LogP contribution in [-0.4, -0.2) is 11.2 Å². The molecule has 0 bridgehead atoms. The highest BCUT2D eigenvalue weighted by molar-refractivity contribution is 7.09. The van der Waals surface area contributed by atoms with Gasteiger partial charge in [0.05, 0.1) is 6.10 Å². The van der Waals surface area contributed by atoms with Crippen molar-refractivity contribution in [1.29, 1.82) is 0 Å². The van der Waals surface area contributed by atoms with Gasteiger partial charge in [0.1, 0.15) is 0 Å². The van der Waals surface area contributed by atoms with Gasteiger partial charge in [-0.1, -0.05) is 38.2 Å². The lowest BCUT2D eigenvalue weighted by atomic mass is 9.85. The molecule has 0 saturated heterocycles. The number of thiophene rings is 1. The lowest BCUT2D eigenvalue weighted by molar-refractivity contribution is 0.141. The average molecular weight is 252 g/mol. The molecular weight excluding hydrogens is 228 g/mol. The fourth-order valence-corrected chi connectivity index (χ4v) is 3.54. The van der Waals surface area contributed by atoms with E-state index in [4.69, 9.17) is 0 Å². The van der Waals surface area contributed by atoms with Gasteiger partial charge < -0.3 is 5.11 Å². The van der Waals surface area contributed by atoms with Crippen LogP contribution in [0, 0.1) is 5.92 Å². The topological polar surface area (TPSA) is 20.2 Å². The Bertz CT molecular complexity index is 288. The first kappa shape index (κ1) is 13.1. The Hall–Kier alpha value is -0.340. The highest BCUT2D eigenvalue weighted by Gasteiger charge is 2.15. The molecule has 0 aromatic carbocycles. The standard InChI is InChI=1S/C15H24OS/c16-14(10-11-15-7-4-12-17-15)9-8-13-5-2-1-3-6-13/h4,7,12-14,16H,1-3,5-6,8-11H2. The maximum Gasteiger partial charge on any atom is 0.0543 e. The summed E-state index contributed by atoms with van der Waals surface area (Å²) >= 11 is 1.80. The van der Waals surface area contributed by atoms with Crippen LogP contribution in [0.4, 0.5) is 0 Å². The zero-order chi connectivity index (χ0) is 11.9. The highest BCUT2D eigenvalue weighted by atomic mass is 32.1. The van der Waals surface area contributed by atoms with Gasteiger partial charge in [0.25, 0.3) is 0 Å².